The van der Waals surface area contributed by atoms with Crippen molar-refractivity contribution in [1.29, 1.82) is 0 Å². The summed E-state index contributed by atoms with van der Waals surface area (Å²) in [7, 11) is 0. The Bertz CT molecular complexity index is 259. The van der Waals surface area contributed by atoms with Crippen molar-refractivity contribution in [2.45, 2.75) is 32.8 Å². The van der Waals surface area contributed by atoms with Crippen LogP contribution in [-0.4, -0.2) is 18.3 Å². The van der Waals surface area contributed by atoms with E-state index in [1.54, 1.807) is 0 Å². The molecule has 2 heteroatoms. The Morgan fingerprint density at radius 1 is 1.25 bits per heavy atom. The van der Waals surface area contributed by atoms with Gasteiger partial charge < -0.3 is 9.84 Å². The highest BCUT2D eigenvalue weighted by Crippen LogP contribution is 2.09. The van der Waals surface area contributed by atoms with E-state index in [1.807, 2.05) is 18.2 Å². The first kappa shape index (κ1) is 13.2. The Kier molecular flexibility index (Phi) is 6.86. The number of unbranched alkanes of at least 4 members (excludes halogenated alkanes) is 1. The van der Waals surface area contributed by atoms with Crippen LogP contribution in [0.2, 0.25) is 0 Å². The summed E-state index contributed by atoms with van der Waals surface area (Å²) in [6.45, 7) is 3.70. The smallest absolute Gasteiger partial charge is 0.0717 e. The molecule has 1 N–H and O–H groups in total. The lowest BCUT2D eigenvalue weighted by atomic mass is 10.0. The summed E-state index contributed by atoms with van der Waals surface area (Å²) < 4.78 is 5.61. The van der Waals surface area contributed by atoms with Gasteiger partial charge in [0, 0.05) is 12.5 Å². The number of aliphatic hydroxyl groups is 1. The fourth-order valence-corrected chi connectivity index (χ4v) is 1.64. The number of benzene rings is 1. The molecule has 1 atom stereocenters. The zero-order valence-corrected chi connectivity index (χ0v) is 10.1. The molecule has 0 radical (unpaired) electrons. The van der Waals surface area contributed by atoms with Crippen molar-refractivity contribution >= 4 is 0 Å². The fourth-order valence-electron chi connectivity index (χ4n) is 1.64. The number of rotatable bonds is 8. The summed E-state index contributed by atoms with van der Waals surface area (Å²) >= 11 is 0. The van der Waals surface area contributed by atoms with Crippen molar-refractivity contribution in [3.63, 3.8) is 0 Å². The Morgan fingerprint density at radius 3 is 2.62 bits per heavy atom. The van der Waals surface area contributed by atoms with Crippen molar-refractivity contribution in [3.05, 3.63) is 35.9 Å². The van der Waals surface area contributed by atoms with Gasteiger partial charge in [0.2, 0.25) is 0 Å². The summed E-state index contributed by atoms with van der Waals surface area (Å²) in [6.07, 6.45) is 3.40. The normalized spacial score (nSPS) is 12.6. The molecule has 0 fully saturated rings. The van der Waals surface area contributed by atoms with Crippen LogP contribution in [0.15, 0.2) is 30.3 Å². The zero-order valence-electron chi connectivity index (χ0n) is 10.1. The van der Waals surface area contributed by atoms with E-state index in [2.05, 4.69) is 19.1 Å². The molecule has 0 aliphatic rings. The molecule has 0 aliphatic carbocycles. The minimum Gasteiger partial charge on any atom is -0.396 e. The van der Waals surface area contributed by atoms with Gasteiger partial charge in [0.05, 0.1) is 13.2 Å². The van der Waals surface area contributed by atoms with E-state index in [9.17, 15) is 0 Å². The molecule has 1 aromatic rings. The molecule has 0 saturated heterocycles. The van der Waals surface area contributed by atoms with Gasteiger partial charge in [0.25, 0.3) is 0 Å². The van der Waals surface area contributed by atoms with Crippen LogP contribution in [0.4, 0.5) is 0 Å². The van der Waals surface area contributed by atoms with Crippen LogP contribution in [0.25, 0.3) is 0 Å². The van der Waals surface area contributed by atoms with Crippen LogP contribution in [0.1, 0.15) is 31.7 Å². The van der Waals surface area contributed by atoms with E-state index in [0.717, 1.165) is 6.42 Å². The lowest BCUT2D eigenvalue weighted by Crippen LogP contribution is -2.13. The highest BCUT2D eigenvalue weighted by atomic mass is 16.5. The standard InChI is InChI=1S/C14H22O2/c1-2-3-7-14(10-15)12-16-11-13-8-5-4-6-9-13/h4-6,8-9,14-15H,2-3,7,10-12H2,1H3/t14-/m0/s1. The molecule has 2 nitrogen and oxygen atoms in total. The SMILES string of the molecule is CCCC[C@@H](CO)COCc1ccccc1. The van der Waals surface area contributed by atoms with Crippen LogP contribution >= 0.6 is 0 Å². The molecule has 0 heterocycles. The number of ether oxygens (including phenoxy) is 1. The van der Waals surface area contributed by atoms with Gasteiger partial charge in [0.15, 0.2) is 0 Å². The van der Waals surface area contributed by atoms with Crippen molar-refractivity contribution in [2.75, 3.05) is 13.2 Å². The average molecular weight is 222 g/mol. The highest BCUT2D eigenvalue weighted by molar-refractivity contribution is 5.13. The second-order valence-corrected chi connectivity index (χ2v) is 4.19. The summed E-state index contributed by atoms with van der Waals surface area (Å²) in [5.41, 5.74) is 1.19. The van der Waals surface area contributed by atoms with E-state index < -0.39 is 0 Å². The number of aliphatic hydroxyl groups excluding tert-OH is 1. The molecule has 1 rings (SSSR count). The highest BCUT2D eigenvalue weighted by Gasteiger charge is 2.06. The van der Waals surface area contributed by atoms with E-state index in [4.69, 9.17) is 9.84 Å². The van der Waals surface area contributed by atoms with Crippen LogP contribution in [0.3, 0.4) is 0 Å². The molecule has 1 aromatic carbocycles. The van der Waals surface area contributed by atoms with Gasteiger partial charge in [-0.05, 0) is 12.0 Å². The Morgan fingerprint density at radius 2 is 2.00 bits per heavy atom. The largest absolute Gasteiger partial charge is 0.396 e. The minimum absolute atomic E-state index is 0.231. The minimum atomic E-state index is 0.231. The first-order chi connectivity index (χ1) is 7.86. The molecule has 0 aliphatic heterocycles. The predicted molar refractivity (Wildman–Crippen MR) is 66.2 cm³/mol. The molecule has 0 aromatic heterocycles. The molecule has 90 valence electrons. The van der Waals surface area contributed by atoms with E-state index in [1.165, 1.54) is 18.4 Å². The maximum absolute atomic E-state index is 9.17. The molecule has 0 spiro atoms. The van der Waals surface area contributed by atoms with Gasteiger partial charge in [-0.2, -0.15) is 0 Å². The lowest BCUT2D eigenvalue weighted by Gasteiger charge is -2.13. The quantitative estimate of drug-likeness (QED) is 0.732. The second-order valence-electron chi connectivity index (χ2n) is 4.19. The molecule has 0 saturated carbocycles. The average Bonchev–Trinajstić information content (AvgIpc) is 2.35. The van der Waals surface area contributed by atoms with Gasteiger partial charge in [-0.1, -0.05) is 50.1 Å². The third-order valence-corrected chi connectivity index (χ3v) is 2.69. The monoisotopic (exact) mass is 222 g/mol. The van der Waals surface area contributed by atoms with E-state index in [-0.39, 0.29) is 6.61 Å². The van der Waals surface area contributed by atoms with Gasteiger partial charge in [-0.15, -0.1) is 0 Å². The van der Waals surface area contributed by atoms with Crippen molar-refractivity contribution < 1.29 is 9.84 Å². The van der Waals surface area contributed by atoms with Crippen LogP contribution in [0.5, 0.6) is 0 Å². The maximum atomic E-state index is 9.17. The van der Waals surface area contributed by atoms with E-state index >= 15 is 0 Å². The fraction of sp³-hybridized carbons (Fsp3) is 0.571. The van der Waals surface area contributed by atoms with Gasteiger partial charge >= 0.3 is 0 Å². The number of hydrogen-bond donors (Lipinski definition) is 1. The lowest BCUT2D eigenvalue weighted by molar-refractivity contribution is 0.0587. The van der Waals surface area contributed by atoms with E-state index in [0.29, 0.717) is 19.1 Å². The van der Waals surface area contributed by atoms with Crippen LogP contribution in [-0.2, 0) is 11.3 Å². The summed E-state index contributed by atoms with van der Waals surface area (Å²) in [6, 6.07) is 10.1. The van der Waals surface area contributed by atoms with Crippen molar-refractivity contribution in [3.8, 4) is 0 Å². The molecule has 0 bridgehead atoms. The first-order valence-corrected chi connectivity index (χ1v) is 6.09. The topological polar surface area (TPSA) is 29.5 Å². The van der Waals surface area contributed by atoms with Gasteiger partial charge in [0.1, 0.15) is 0 Å². The maximum Gasteiger partial charge on any atom is 0.0717 e. The predicted octanol–water partition coefficient (Wildman–Crippen LogP) is 3.00. The third kappa shape index (κ3) is 5.29. The Balaban J connectivity index is 2.18. The summed E-state index contributed by atoms with van der Waals surface area (Å²) in [5, 5.41) is 9.17. The van der Waals surface area contributed by atoms with Crippen LogP contribution in [0, 0.1) is 5.92 Å². The Labute approximate surface area is 98.3 Å². The molecular formula is C14H22O2. The zero-order chi connectivity index (χ0) is 11.6. The van der Waals surface area contributed by atoms with Gasteiger partial charge in [-0.3, -0.25) is 0 Å². The summed E-state index contributed by atoms with van der Waals surface area (Å²) in [5.74, 6) is 0.295. The van der Waals surface area contributed by atoms with Crippen molar-refractivity contribution in [2.24, 2.45) is 5.92 Å². The molecule has 0 amide bonds. The molecule has 0 unspecified atom stereocenters. The second kappa shape index (κ2) is 8.31. The first-order valence-electron chi connectivity index (χ1n) is 6.09. The molecular weight excluding hydrogens is 200 g/mol. The van der Waals surface area contributed by atoms with Crippen molar-refractivity contribution in [1.82, 2.24) is 0 Å². The summed E-state index contributed by atoms with van der Waals surface area (Å²) in [4.78, 5) is 0. The van der Waals surface area contributed by atoms with Gasteiger partial charge in [-0.25, -0.2) is 0 Å². The Hall–Kier alpha value is -0.860. The van der Waals surface area contributed by atoms with Crippen LogP contribution < -0.4 is 0 Å². The third-order valence-electron chi connectivity index (χ3n) is 2.69. The number of hydrogen-bond acceptors (Lipinski definition) is 2. The molecule has 16 heavy (non-hydrogen) atoms.